The number of methoxy groups -OCH3 is 1. The molecule has 5 heteroatoms. The second kappa shape index (κ2) is 5.66. The average Bonchev–Trinajstić information content (AvgIpc) is 3.19. The van der Waals surface area contributed by atoms with Crippen LogP contribution in [0.4, 0.5) is 5.82 Å². The van der Waals surface area contributed by atoms with Gasteiger partial charge in [-0.2, -0.15) is 0 Å². The largest absolute Gasteiger partial charge is 0.496 e. The third-order valence-electron chi connectivity index (χ3n) is 4.33. The van der Waals surface area contributed by atoms with Crippen molar-refractivity contribution in [3.05, 3.63) is 52.5 Å². The summed E-state index contributed by atoms with van der Waals surface area (Å²) in [6.45, 7) is 0. The van der Waals surface area contributed by atoms with Gasteiger partial charge in [-0.05, 0) is 47.6 Å². The van der Waals surface area contributed by atoms with Crippen LogP contribution in [0.15, 0.2) is 36.5 Å². The van der Waals surface area contributed by atoms with Crippen LogP contribution in [-0.2, 0) is 6.42 Å². The molecule has 0 spiro atoms. The molecule has 0 saturated heterocycles. The number of anilines is 1. The van der Waals surface area contributed by atoms with Gasteiger partial charge in [0.2, 0.25) is 0 Å². The molecule has 23 heavy (non-hydrogen) atoms. The summed E-state index contributed by atoms with van der Waals surface area (Å²) >= 11 is 1.48. The topological polar surface area (TPSA) is 51.2 Å². The van der Waals surface area contributed by atoms with E-state index in [-0.39, 0.29) is 6.04 Å². The van der Waals surface area contributed by atoms with E-state index in [0.29, 0.717) is 0 Å². The predicted molar refractivity (Wildman–Crippen MR) is 92.7 cm³/mol. The lowest BCUT2D eigenvalue weighted by Crippen LogP contribution is -2.08. The minimum absolute atomic E-state index is 0.222. The molecule has 0 unspecified atom stereocenters. The third kappa shape index (κ3) is 2.37. The lowest BCUT2D eigenvalue weighted by Gasteiger charge is -2.16. The Kier molecular flexibility index (Phi) is 3.50. The minimum Gasteiger partial charge on any atom is -0.496 e. The fraction of sp³-hybridized carbons (Fsp3) is 0.222. The van der Waals surface area contributed by atoms with Gasteiger partial charge in [-0.25, -0.2) is 4.98 Å². The van der Waals surface area contributed by atoms with Crippen molar-refractivity contribution in [2.24, 2.45) is 0 Å². The molecule has 1 N–H and O–H groups in total. The quantitative estimate of drug-likeness (QED) is 0.730. The number of ether oxygens (including phenoxy) is 1. The molecule has 0 amide bonds. The zero-order valence-corrected chi connectivity index (χ0v) is 13.5. The number of rotatable bonds is 4. The third-order valence-corrected chi connectivity index (χ3v) is 5.41. The van der Waals surface area contributed by atoms with Crippen molar-refractivity contribution in [1.29, 1.82) is 0 Å². The van der Waals surface area contributed by atoms with Crippen molar-refractivity contribution in [2.75, 3.05) is 12.4 Å². The molecule has 1 aliphatic rings. The SMILES string of the molecule is COc1cccc2c1CC[C@H]2Nc1nccc2cc(C=O)sc12. The van der Waals surface area contributed by atoms with Crippen molar-refractivity contribution in [3.8, 4) is 5.75 Å². The molecule has 4 rings (SSSR count). The first-order valence-corrected chi connectivity index (χ1v) is 8.38. The summed E-state index contributed by atoms with van der Waals surface area (Å²) in [5, 5.41) is 4.61. The first-order valence-electron chi connectivity index (χ1n) is 7.56. The molecule has 3 aromatic rings. The van der Waals surface area contributed by atoms with Gasteiger partial charge >= 0.3 is 0 Å². The molecular weight excluding hydrogens is 308 g/mol. The highest BCUT2D eigenvalue weighted by atomic mass is 32.1. The predicted octanol–water partition coefficient (Wildman–Crippen LogP) is 4.22. The Morgan fingerprint density at radius 3 is 3.13 bits per heavy atom. The van der Waals surface area contributed by atoms with E-state index in [4.69, 9.17) is 4.74 Å². The van der Waals surface area contributed by atoms with Gasteiger partial charge < -0.3 is 10.1 Å². The molecule has 1 aromatic carbocycles. The van der Waals surface area contributed by atoms with Crippen LogP contribution in [0.2, 0.25) is 0 Å². The lowest BCUT2D eigenvalue weighted by molar-refractivity contribution is 0.112. The summed E-state index contributed by atoms with van der Waals surface area (Å²) in [5.74, 6) is 1.80. The van der Waals surface area contributed by atoms with Gasteiger partial charge in [0, 0.05) is 6.20 Å². The average molecular weight is 324 g/mol. The van der Waals surface area contributed by atoms with Crippen molar-refractivity contribution in [1.82, 2.24) is 4.98 Å². The van der Waals surface area contributed by atoms with Crippen LogP contribution >= 0.6 is 11.3 Å². The molecular formula is C18H16N2O2S. The Morgan fingerprint density at radius 1 is 1.39 bits per heavy atom. The van der Waals surface area contributed by atoms with E-state index < -0.39 is 0 Å². The Labute approximate surface area is 138 Å². The maximum atomic E-state index is 11.0. The maximum absolute atomic E-state index is 11.0. The number of thiophene rings is 1. The highest BCUT2D eigenvalue weighted by molar-refractivity contribution is 7.21. The second-order valence-electron chi connectivity index (χ2n) is 5.61. The van der Waals surface area contributed by atoms with Gasteiger partial charge in [0.25, 0.3) is 0 Å². The van der Waals surface area contributed by atoms with E-state index in [9.17, 15) is 4.79 Å². The Morgan fingerprint density at radius 2 is 2.30 bits per heavy atom. The first-order chi connectivity index (χ1) is 11.3. The molecule has 1 atom stereocenters. The molecule has 116 valence electrons. The summed E-state index contributed by atoms with van der Waals surface area (Å²) in [5.41, 5.74) is 2.55. The smallest absolute Gasteiger partial charge is 0.160 e. The molecule has 2 heterocycles. The molecule has 0 fully saturated rings. The van der Waals surface area contributed by atoms with Crippen molar-refractivity contribution in [3.63, 3.8) is 0 Å². The number of nitrogens with one attached hydrogen (secondary N) is 1. The van der Waals surface area contributed by atoms with Crippen LogP contribution in [0.3, 0.4) is 0 Å². The first kappa shape index (κ1) is 14.2. The summed E-state index contributed by atoms with van der Waals surface area (Å²) in [6, 6.07) is 10.3. The highest BCUT2D eigenvalue weighted by Crippen LogP contribution is 2.40. The summed E-state index contributed by atoms with van der Waals surface area (Å²) in [6.07, 6.45) is 4.69. The number of nitrogens with zero attached hydrogens (tertiary/aromatic N) is 1. The van der Waals surface area contributed by atoms with Crippen molar-refractivity contribution < 1.29 is 9.53 Å². The van der Waals surface area contributed by atoms with E-state index in [2.05, 4.69) is 16.4 Å². The van der Waals surface area contributed by atoms with E-state index in [1.165, 1.54) is 22.5 Å². The van der Waals surface area contributed by atoms with Gasteiger partial charge in [0.05, 0.1) is 22.7 Å². The lowest BCUT2D eigenvalue weighted by atomic mass is 10.1. The van der Waals surface area contributed by atoms with E-state index in [1.807, 2.05) is 24.3 Å². The van der Waals surface area contributed by atoms with Crippen LogP contribution in [0.5, 0.6) is 5.75 Å². The van der Waals surface area contributed by atoms with Crippen LogP contribution < -0.4 is 10.1 Å². The number of benzene rings is 1. The fourth-order valence-corrected chi connectivity index (χ4v) is 4.20. The van der Waals surface area contributed by atoms with Gasteiger partial charge in [0.15, 0.2) is 6.29 Å². The summed E-state index contributed by atoms with van der Waals surface area (Å²) in [7, 11) is 1.71. The molecule has 2 aromatic heterocycles. The van der Waals surface area contributed by atoms with Gasteiger partial charge in [-0.1, -0.05) is 12.1 Å². The number of hydrogen-bond donors (Lipinski definition) is 1. The van der Waals surface area contributed by atoms with Gasteiger partial charge in [-0.15, -0.1) is 11.3 Å². The van der Waals surface area contributed by atoms with Crippen molar-refractivity contribution in [2.45, 2.75) is 18.9 Å². The van der Waals surface area contributed by atoms with Crippen LogP contribution in [0.25, 0.3) is 10.1 Å². The molecule has 0 radical (unpaired) electrons. The standard InChI is InChI=1S/C18H16N2O2S/c1-22-16-4-2-3-13-14(16)5-6-15(13)20-18-17-11(7-8-19-18)9-12(10-21)23-17/h2-4,7-10,15H,5-6H2,1H3,(H,19,20)/t15-/m1/s1. The number of carbonyl (C=O) groups excluding carboxylic acids is 1. The van der Waals surface area contributed by atoms with Crippen LogP contribution in [0.1, 0.15) is 33.3 Å². The Bertz CT molecular complexity index is 888. The maximum Gasteiger partial charge on any atom is 0.160 e. The van der Waals surface area contributed by atoms with Gasteiger partial charge in [0.1, 0.15) is 11.6 Å². The molecule has 1 aliphatic carbocycles. The molecule has 4 nitrogen and oxygen atoms in total. The monoisotopic (exact) mass is 324 g/mol. The Hall–Kier alpha value is -2.40. The van der Waals surface area contributed by atoms with E-state index in [0.717, 1.165) is 45.7 Å². The summed E-state index contributed by atoms with van der Waals surface area (Å²) in [4.78, 5) is 16.2. The van der Waals surface area contributed by atoms with Crippen LogP contribution in [-0.4, -0.2) is 18.4 Å². The number of aldehydes is 1. The second-order valence-corrected chi connectivity index (χ2v) is 6.69. The van der Waals surface area contributed by atoms with E-state index in [1.54, 1.807) is 13.3 Å². The minimum atomic E-state index is 0.222. The van der Waals surface area contributed by atoms with E-state index >= 15 is 0 Å². The normalized spacial score (nSPS) is 16.3. The molecule has 0 bridgehead atoms. The highest BCUT2D eigenvalue weighted by Gasteiger charge is 2.25. The number of fused-ring (bicyclic) bond motifs is 2. The zero-order valence-electron chi connectivity index (χ0n) is 12.7. The fourth-order valence-electron chi connectivity index (χ4n) is 3.27. The number of carbonyl (C=O) groups is 1. The number of pyridine rings is 1. The zero-order chi connectivity index (χ0) is 15.8. The molecule has 0 saturated carbocycles. The van der Waals surface area contributed by atoms with Crippen LogP contribution in [0, 0.1) is 0 Å². The number of aromatic nitrogens is 1. The number of hydrogen-bond acceptors (Lipinski definition) is 5. The van der Waals surface area contributed by atoms with Gasteiger partial charge in [-0.3, -0.25) is 4.79 Å². The van der Waals surface area contributed by atoms with Crippen molar-refractivity contribution >= 4 is 33.5 Å². The molecule has 0 aliphatic heterocycles. The summed E-state index contributed by atoms with van der Waals surface area (Å²) < 4.78 is 6.50. The Balaban J connectivity index is 1.71.